The minimum absolute atomic E-state index is 0.406. The summed E-state index contributed by atoms with van der Waals surface area (Å²) < 4.78 is 0. The Morgan fingerprint density at radius 3 is 2.53 bits per heavy atom. The van der Waals surface area contributed by atoms with Crippen LogP contribution in [0.2, 0.25) is 0 Å². The van der Waals surface area contributed by atoms with Crippen molar-refractivity contribution in [3.8, 4) is 0 Å². The van der Waals surface area contributed by atoms with E-state index in [2.05, 4.69) is 0 Å². The van der Waals surface area contributed by atoms with Crippen LogP contribution in [-0.2, 0) is 0 Å². The lowest BCUT2D eigenvalue weighted by atomic mass is 10.2. The molecule has 1 aromatic carbocycles. The van der Waals surface area contributed by atoms with Crippen molar-refractivity contribution in [2.24, 2.45) is 0 Å². The summed E-state index contributed by atoms with van der Waals surface area (Å²) in [6, 6.07) is 7.12. The number of carbonyl (C=O) groups is 1. The Balaban J connectivity index is 2.19. The summed E-state index contributed by atoms with van der Waals surface area (Å²) >= 11 is 0. The summed E-state index contributed by atoms with van der Waals surface area (Å²) in [5.74, 6) is 0. The van der Waals surface area contributed by atoms with Crippen molar-refractivity contribution in [1.29, 1.82) is 0 Å². The van der Waals surface area contributed by atoms with Crippen LogP contribution >= 0.6 is 0 Å². The van der Waals surface area contributed by atoms with E-state index in [0.29, 0.717) is 18.7 Å². The number of rotatable bonds is 2. The summed E-state index contributed by atoms with van der Waals surface area (Å²) in [5.41, 5.74) is 1.46. The van der Waals surface area contributed by atoms with Gasteiger partial charge in [0.05, 0.1) is 12.2 Å². The third-order valence-electron chi connectivity index (χ3n) is 2.63. The molecular formula is C11H13NO3. The number of aliphatic hydroxyl groups excluding tert-OH is 2. The molecule has 0 saturated carbocycles. The maximum Gasteiger partial charge on any atom is 0.150 e. The number of nitrogens with zero attached hydrogens (tertiary/aromatic N) is 1. The fourth-order valence-corrected chi connectivity index (χ4v) is 1.78. The van der Waals surface area contributed by atoms with E-state index in [1.807, 2.05) is 11.0 Å². The molecule has 0 aliphatic carbocycles. The van der Waals surface area contributed by atoms with Gasteiger partial charge in [0.2, 0.25) is 0 Å². The van der Waals surface area contributed by atoms with E-state index in [0.717, 1.165) is 12.0 Å². The SMILES string of the molecule is O=Cc1cccc(N2C[C@@H](O)[C@@H](O)C2)c1. The number of hydrogen-bond acceptors (Lipinski definition) is 4. The van der Waals surface area contributed by atoms with Crippen molar-refractivity contribution in [2.45, 2.75) is 12.2 Å². The smallest absolute Gasteiger partial charge is 0.150 e. The number of anilines is 1. The Kier molecular flexibility index (Phi) is 2.70. The summed E-state index contributed by atoms with van der Waals surface area (Å²) in [4.78, 5) is 12.4. The summed E-state index contributed by atoms with van der Waals surface area (Å²) in [7, 11) is 0. The fraction of sp³-hybridized carbons (Fsp3) is 0.364. The molecule has 15 heavy (non-hydrogen) atoms. The van der Waals surface area contributed by atoms with Crippen LogP contribution in [0.3, 0.4) is 0 Å². The average Bonchev–Trinajstić information content (AvgIpc) is 2.59. The van der Waals surface area contributed by atoms with Gasteiger partial charge in [-0.1, -0.05) is 12.1 Å². The minimum atomic E-state index is -0.704. The molecule has 0 unspecified atom stereocenters. The third-order valence-corrected chi connectivity index (χ3v) is 2.63. The van der Waals surface area contributed by atoms with Crippen LogP contribution in [0.4, 0.5) is 5.69 Å². The second-order valence-corrected chi connectivity index (χ2v) is 3.75. The van der Waals surface area contributed by atoms with Crippen molar-refractivity contribution in [3.05, 3.63) is 29.8 Å². The van der Waals surface area contributed by atoms with Gasteiger partial charge in [-0.05, 0) is 12.1 Å². The largest absolute Gasteiger partial charge is 0.389 e. The normalized spacial score (nSPS) is 25.6. The molecule has 1 aromatic rings. The predicted octanol–water partition coefficient (Wildman–Crippen LogP) is 0.0409. The Labute approximate surface area is 87.8 Å². The Bertz CT molecular complexity index is 357. The Hall–Kier alpha value is -1.39. The molecule has 4 heteroatoms. The molecule has 0 spiro atoms. The van der Waals surface area contributed by atoms with E-state index >= 15 is 0 Å². The third kappa shape index (κ3) is 2.00. The highest BCUT2D eigenvalue weighted by Gasteiger charge is 2.29. The number of β-amino-alcohol motifs (C(OH)–C–C–N with tert-alkyl or cyclic N) is 2. The lowest BCUT2D eigenvalue weighted by Gasteiger charge is -2.17. The molecule has 2 rings (SSSR count). The number of carbonyl (C=O) groups excluding carboxylic acids is 1. The van der Waals surface area contributed by atoms with E-state index in [9.17, 15) is 15.0 Å². The summed E-state index contributed by atoms with van der Waals surface area (Å²) in [6.07, 6.45) is -0.623. The predicted molar refractivity (Wildman–Crippen MR) is 56.1 cm³/mol. The molecular weight excluding hydrogens is 194 g/mol. The molecule has 1 aliphatic rings. The zero-order chi connectivity index (χ0) is 10.8. The summed E-state index contributed by atoms with van der Waals surface area (Å²) in [6.45, 7) is 0.812. The number of hydrogen-bond donors (Lipinski definition) is 2. The Morgan fingerprint density at radius 1 is 1.27 bits per heavy atom. The quantitative estimate of drug-likeness (QED) is 0.672. The summed E-state index contributed by atoms with van der Waals surface area (Å²) in [5, 5.41) is 18.8. The average molecular weight is 207 g/mol. The monoisotopic (exact) mass is 207 g/mol. The van der Waals surface area contributed by atoms with Gasteiger partial charge >= 0.3 is 0 Å². The molecule has 80 valence electrons. The molecule has 4 nitrogen and oxygen atoms in total. The van der Waals surface area contributed by atoms with Crippen molar-refractivity contribution in [1.82, 2.24) is 0 Å². The molecule has 1 saturated heterocycles. The van der Waals surface area contributed by atoms with Crippen molar-refractivity contribution < 1.29 is 15.0 Å². The lowest BCUT2D eigenvalue weighted by molar-refractivity contribution is 0.0572. The highest BCUT2D eigenvalue weighted by atomic mass is 16.3. The van der Waals surface area contributed by atoms with Crippen molar-refractivity contribution in [2.75, 3.05) is 18.0 Å². The first kappa shape index (κ1) is 10.1. The van der Waals surface area contributed by atoms with Crippen LogP contribution in [0.15, 0.2) is 24.3 Å². The fourth-order valence-electron chi connectivity index (χ4n) is 1.78. The maximum absolute atomic E-state index is 10.6. The molecule has 2 N–H and O–H groups in total. The van der Waals surface area contributed by atoms with Gasteiger partial charge in [0.1, 0.15) is 6.29 Å². The van der Waals surface area contributed by atoms with E-state index in [-0.39, 0.29) is 0 Å². The second-order valence-electron chi connectivity index (χ2n) is 3.75. The first-order valence-corrected chi connectivity index (χ1v) is 4.87. The van der Waals surface area contributed by atoms with Gasteiger partial charge in [-0.25, -0.2) is 0 Å². The topological polar surface area (TPSA) is 60.8 Å². The van der Waals surface area contributed by atoms with Gasteiger partial charge in [-0.3, -0.25) is 4.79 Å². The maximum atomic E-state index is 10.6. The van der Waals surface area contributed by atoms with Crippen LogP contribution in [-0.4, -0.2) is 41.8 Å². The van der Waals surface area contributed by atoms with Crippen LogP contribution in [0, 0.1) is 0 Å². The second kappa shape index (κ2) is 4.00. The van der Waals surface area contributed by atoms with E-state index < -0.39 is 12.2 Å². The lowest BCUT2D eigenvalue weighted by Crippen LogP contribution is -2.22. The molecule has 2 atom stereocenters. The zero-order valence-corrected chi connectivity index (χ0v) is 8.21. The highest BCUT2D eigenvalue weighted by molar-refractivity contribution is 5.77. The van der Waals surface area contributed by atoms with E-state index in [1.54, 1.807) is 18.2 Å². The molecule has 0 radical (unpaired) electrons. The first-order chi connectivity index (χ1) is 7.20. The zero-order valence-electron chi connectivity index (χ0n) is 8.21. The van der Waals surface area contributed by atoms with Crippen LogP contribution in [0.1, 0.15) is 10.4 Å². The van der Waals surface area contributed by atoms with E-state index in [1.165, 1.54) is 0 Å². The molecule has 0 aromatic heterocycles. The first-order valence-electron chi connectivity index (χ1n) is 4.87. The van der Waals surface area contributed by atoms with Gasteiger partial charge < -0.3 is 15.1 Å². The van der Waals surface area contributed by atoms with Crippen molar-refractivity contribution in [3.63, 3.8) is 0 Å². The van der Waals surface area contributed by atoms with Crippen LogP contribution in [0.25, 0.3) is 0 Å². The van der Waals surface area contributed by atoms with Gasteiger partial charge in [0.15, 0.2) is 0 Å². The van der Waals surface area contributed by atoms with Crippen molar-refractivity contribution >= 4 is 12.0 Å². The molecule has 0 bridgehead atoms. The van der Waals surface area contributed by atoms with Crippen LogP contribution < -0.4 is 4.90 Å². The molecule has 1 aliphatic heterocycles. The van der Waals surface area contributed by atoms with Gasteiger partial charge in [0.25, 0.3) is 0 Å². The number of aldehydes is 1. The minimum Gasteiger partial charge on any atom is -0.389 e. The van der Waals surface area contributed by atoms with Gasteiger partial charge in [-0.15, -0.1) is 0 Å². The Morgan fingerprint density at radius 2 is 1.93 bits per heavy atom. The molecule has 1 fully saturated rings. The van der Waals surface area contributed by atoms with Gasteiger partial charge in [-0.2, -0.15) is 0 Å². The molecule has 1 heterocycles. The molecule has 0 amide bonds. The highest BCUT2D eigenvalue weighted by Crippen LogP contribution is 2.21. The van der Waals surface area contributed by atoms with Crippen LogP contribution in [0.5, 0.6) is 0 Å². The number of benzene rings is 1. The van der Waals surface area contributed by atoms with Gasteiger partial charge in [0, 0.05) is 24.3 Å². The number of aliphatic hydroxyl groups is 2. The van der Waals surface area contributed by atoms with E-state index in [4.69, 9.17) is 0 Å². The standard InChI is InChI=1S/C11H13NO3/c13-7-8-2-1-3-9(4-8)12-5-10(14)11(15)6-12/h1-4,7,10-11,14-15H,5-6H2/t10-,11+.